The molecule has 1 aromatic rings. The molecule has 0 aliphatic carbocycles. The van der Waals surface area contributed by atoms with E-state index >= 15 is 0 Å². The van der Waals surface area contributed by atoms with Crippen LogP contribution >= 0.6 is 11.8 Å². The van der Waals surface area contributed by atoms with Crippen LogP contribution in [-0.2, 0) is 14.4 Å². The van der Waals surface area contributed by atoms with E-state index in [1.807, 2.05) is 38.1 Å². The highest BCUT2D eigenvalue weighted by molar-refractivity contribution is 8.02. The van der Waals surface area contributed by atoms with Crippen LogP contribution in [0.4, 0.5) is 11.4 Å². The van der Waals surface area contributed by atoms with Gasteiger partial charge in [0.15, 0.2) is 0 Å². The smallest absolute Gasteiger partial charge is 0.308 e. The van der Waals surface area contributed by atoms with Gasteiger partial charge in [-0.25, -0.2) is 0 Å². The average Bonchev–Trinajstić information content (AvgIpc) is 3.48. The molecule has 0 aromatic heterocycles. The lowest BCUT2D eigenvalue weighted by Gasteiger charge is -2.41. The molecule has 0 saturated carbocycles. The first-order valence-corrected chi connectivity index (χ1v) is 14.2. The van der Waals surface area contributed by atoms with E-state index in [-0.39, 0.29) is 36.1 Å². The molecule has 1 spiro atoms. The van der Waals surface area contributed by atoms with Gasteiger partial charge in [0, 0.05) is 36.3 Å². The number of carbonyl (C=O) groups excluding carboxylic acids is 2. The highest BCUT2D eigenvalue weighted by Gasteiger charge is 2.76. The summed E-state index contributed by atoms with van der Waals surface area (Å²) in [4.78, 5) is 46.2. The van der Waals surface area contributed by atoms with E-state index in [1.165, 1.54) is 16.7 Å². The van der Waals surface area contributed by atoms with E-state index in [4.69, 9.17) is 0 Å². The largest absolute Gasteiger partial charge is 0.481 e. The zero-order valence-electron chi connectivity index (χ0n) is 22.2. The molecule has 4 rings (SSSR count). The molecule has 2 N–H and O–H groups in total. The van der Waals surface area contributed by atoms with Gasteiger partial charge in [0.25, 0.3) is 5.91 Å². The zero-order valence-corrected chi connectivity index (χ0v) is 23.0. The zero-order chi connectivity index (χ0) is 27.1. The second-order valence-corrected chi connectivity index (χ2v) is 11.9. The average molecular weight is 530 g/mol. The number of aliphatic hydroxyl groups excluding tert-OH is 1. The number of likely N-dealkylation sites (tertiary alicyclic amines) is 1. The number of anilines is 2. The molecule has 7 atom stereocenters. The van der Waals surface area contributed by atoms with Gasteiger partial charge in [0.1, 0.15) is 6.04 Å². The second-order valence-electron chi connectivity index (χ2n) is 10.3. The topological polar surface area (TPSA) is 101 Å². The van der Waals surface area contributed by atoms with Crippen LogP contribution < -0.4 is 9.80 Å². The van der Waals surface area contributed by atoms with Gasteiger partial charge in [0.2, 0.25) is 5.91 Å². The predicted molar refractivity (Wildman–Crippen MR) is 147 cm³/mol. The summed E-state index contributed by atoms with van der Waals surface area (Å²) in [7, 11) is 0. The number of hydrogen-bond acceptors (Lipinski definition) is 6. The molecule has 3 fully saturated rings. The lowest BCUT2D eigenvalue weighted by Crippen LogP contribution is -2.59. The monoisotopic (exact) mass is 529 g/mol. The molecule has 3 aliphatic heterocycles. The Hall–Kier alpha value is -2.52. The standard InChI is InChI=1S/C28H39N3O5S/c1-6-14-30(20-12-10-19(11-13-20)29(8-3)9-4)26(34)24-28-17(5)15-21(37-28)22(27(35)36)23(28)25(33)31(24)18(7-2)16-32/h6,10-13,17-18,21-24,32H,1,7-9,14-16H2,2-5H3,(H,35,36)/t17?,18-,21+,22-,23-,24?,28?/m0/s1. The van der Waals surface area contributed by atoms with Crippen molar-refractivity contribution in [1.82, 2.24) is 4.90 Å². The SMILES string of the molecule is C=CCN(C(=O)C1N([C@@H](CC)CO)C(=O)[C@@H]2[C@@H](C(=O)O)[C@H]3CC(C)C12S3)c1ccc(N(CC)CC)cc1. The van der Waals surface area contributed by atoms with Gasteiger partial charge in [-0.1, -0.05) is 19.9 Å². The molecule has 3 heterocycles. The Kier molecular flexibility index (Phi) is 7.95. The Labute approximate surface area is 223 Å². The van der Waals surface area contributed by atoms with Crippen LogP contribution in [-0.4, -0.2) is 81.2 Å². The van der Waals surface area contributed by atoms with E-state index in [9.17, 15) is 24.6 Å². The Morgan fingerprint density at radius 3 is 2.35 bits per heavy atom. The Morgan fingerprint density at radius 2 is 1.84 bits per heavy atom. The minimum Gasteiger partial charge on any atom is -0.481 e. The van der Waals surface area contributed by atoms with E-state index < -0.39 is 34.6 Å². The number of carbonyl (C=O) groups is 3. The fourth-order valence-corrected chi connectivity index (χ4v) is 9.25. The number of nitrogens with zero attached hydrogens (tertiary/aromatic N) is 3. The molecule has 2 bridgehead atoms. The van der Waals surface area contributed by atoms with E-state index in [0.717, 1.165) is 18.8 Å². The van der Waals surface area contributed by atoms with Gasteiger partial charge < -0.3 is 24.9 Å². The molecule has 9 heteroatoms. The van der Waals surface area contributed by atoms with Crippen molar-refractivity contribution >= 4 is 40.9 Å². The lowest BCUT2D eigenvalue weighted by atomic mass is 9.66. The number of amides is 2. The summed E-state index contributed by atoms with van der Waals surface area (Å²) in [5, 5.41) is 20.1. The number of fused-ring (bicyclic) bond motifs is 1. The van der Waals surface area contributed by atoms with Crippen molar-refractivity contribution < 1.29 is 24.6 Å². The molecule has 8 nitrogen and oxygen atoms in total. The molecule has 202 valence electrons. The van der Waals surface area contributed by atoms with Crippen molar-refractivity contribution in [2.75, 3.05) is 36.0 Å². The normalized spacial score (nSPS) is 30.8. The number of hydrogen-bond donors (Lipinski definition) is 2. The minimum absolute atomic E-state index is 0.0159. The number of benzene rings is 1. The summed E-state index contributed by atoms with van der Waals surface area (Å²) < 4.78 is -0.842. The first-order chi connectivity index (χ1) is 17.7. The summed E-state index contributed by atoms with van der Waals surface area (Å²) in [5.74, 6) is -3.17. The highest BCUT2D eigenvalue weighted by atomic mass is 32.2. The molecule has 37 heavy (non-hydrogen) atoms. The van der Waals surface area contributed by atoms with Crippen molar-refractivity contribution in [1.29, 1.82) is 0 Å². The number of aliphatic hydroxyl groups is 1. The van der Waals surface area contributed by atoms with Crippen molar-refractivity contribution in [2.24, 2.45) is 17.8 Å². The summed E-state index contributed by atoms with van der Waals surface area (Å²) in [6.07, 6.45) is 2.78. The quantitative estimate of drug-likeness (QED) is 0.425. The number of rotatable bonds is 11. The van der Waals surface area contributed by atoms with Crippen LogP contribution in [0, 0.1) is 17.8 Å². The van der Waals surface area contributed by atoms with Gasteiger partial charge in [-0.2, -0.15) is 0 Å². The van der Waals surface area contributed by atoms with Gasteiger partial charge in [-0.05, 0) is 56.9 Å². The lowest BCUT2D eigenvalue weighted by molar-refractivity contribution is -0.149. The molecule has 0 radical (unpaired) electrons. The van der Waals surface area contributed by atoms with E-state index in [1.54, 1.807) is 11.0 Å². The maximum Gasteiger partial charge on any atom is 0.308 e. The third-order valence-electron chi connectivity index (χ3n) is 8.65. The second kappa shape index (κ2) is 10.7. The van der Waals surface area contributed by atoms with Crippen molar-refractivity contribution in [2.45, 2.75) is 62.6 Å². The fourth-order valence-electron chi connectivity index (χ4n) is 6.86. The van der Waals surface area contributed by atoms with Gasteiger partial charge in [-0.3, -0.25) is 14.4 Å². The molecule has 1 aromatic carbocycles. The Morgan fingerprint density at radius 1 is 1.22 bits per heavy atom. The first kappa shape index (κ1) is 27.5. The summed E-state index contributed by atoms with van der Waals surface area (Å²) in [6.45, 7) is 13.7. The molecular weight excluding hydrogens is 490 g/mol. The maximum absolute atomic E-state index is 14.5. The molecule has 3 saturated heterocycles. The first-order valence-electron chi connectivity index (χ1n) is 13.3. The van der Waals surface area contributed by atoms with Crippen LogP contribution in [0.15, 0.2) is 36.9 Å². The Balaban J connectivity index is 1.80. The summed E-state index contributed by atoms with van der Waals surface area (Å²) in [6, 6.07) is 6.39. The predicted octanol–water partition coefficient (Wildman–Crippen LogP) is 3.24. The number of carboxylic acids is 1. The van der Waals surface area contributed by atoms with Crippen LogP contribution in [0.1, 0.15) is 40.5 Å². The van der Waals surface area contributed by atoms with Gasteiger partial charge in [-0.15, -0.1) is 18.3 Å². The van der Waals surface area contributed by atoms with Crippen molar-refractivity contribution in [3.05, 3.63) is 36.9 Å². The fraction of sp³-hybridized carbons (Fsp3) is 0.607. The number of aliphatic carboxylic acids is 1. The van der Waals surface area contributed by atoms with Crippen LogP contribution in [0.3, 0.4) is 0 Å². The third kappa shape index (κ3) is 4.14. The maximum atomic E-state index is 14.5. The number of thioether (sulfide) groups is 1. The number of carboxylic acid groups (broad SMARTS) is 1. The van der Waals surface area contributed by atoms with Crippen LogP contribution in [0.5, 0.6) is 0 Å². The van der Waals surface area contributed by atoms with Crippen molar-refractivity contribution in [3.8, 4) is 0 Å². The summed E-state index contributed by atoms with van der Waals surface area (Å²) in [5.41, 5.74) is 1.76. The third-order valence-corrected chi connectivity index (χ3v) is 10.7. The minimum atomic E-state index is -0.982. The molecular formula is C28H39N3O5S. The van der Waals surface area contributed by atoms with E-state index in [2.05, 4.69) is 25.3 Å². The summed E-state index contributed by atoms with van der Waals surface area (Å²) >= 11 is 1.51. The van der Waals surface area contributed by atoms with Crippen LogP contribution in [0.25, 0.3) is 0 Å². The molecule has 2 amide bonds. The van der Waals surface area contributed by atoms with Gasteiger partial charge >= 0.3 is 5.97 Å². The van der Waals surface area contributed by atoms with Gasteiger partial charge in [0.05, 0.1) is 29.2 Å². The molecule has 3 unspecified atom stereocenters. The van der Waals surface area contributed by atoms with E-state index in [0.29, 0.717) is 18.5 Å². The highest BCUT2D eigenvalue weighted by Crippen LogP contribution is 2.69. The van der Waals surface area contributed by atoms with Crippen molar-refractivity contribution in [3.63, 3.8) is 0 Å². The Bertz CT molecular complexity index is 1040. The molecule has 3 aliphatic rings. The van der Waals surface area contributed by atoms with Crippen LogP contribution in [0.2, 0.25) is 0 Å².